The molecule has 6 heteroatoms. The highest BCUT2D eigenvalue weighted by atomic mass is 16.5. The van der Waals surface area contributed by atoms with Crippen LogP contribution in [0.3, 0.4) is 0 Å². The lowest BCUT2D eigenvalue weighted by Gasteiger charge is -2.22. The summed E-state index contributed by atoms with van der Waals surface area (Å²) < 4.78 is 0. The van der Waals surface area contributed by atoms with E-state index in [0.717, 1.165) is 47.7 Å². The Morgan fingerprint density at radius 1 is 1.29 bits per heavy atom. The number of H-pyrrole nitrogens is 1. The summed E-state index contributed by atoms with van der Waals surface area (Å²) in [5, 5.41) is 17.1. The first-order chi connectivity index (χ1) is 8.36. The van der Waals surface area contributed by atoms with E-state index in [-0.39, 0.29) is 0 Å². The van der Waals surface area contributed by atoms with Gasteiger partial charge in [0.2, 0.25) is 0 Å². The Morgan fingerprint density at radius 3 is 2.82 bits per heavy atom. The van der Waals surface area contributed by atoms with Crippen LogP contribution in [0, 0.1) is 0 Å². The SMILES string of the molecule is On1ncc(C2CCNCC2)c1-c1cnc[nH]1. The molecule has 0 spiro atoms. The molecule has 0 saturated carbocycles. The smallest absolute Gasteiger partial charge is 0.131 e. The summed E-state index contributed by atoms with van der Waals surface area (Å²) in [7, 11) is 0. The highest BCUT2D eigenvalue weighted by molar-refractivity contribution is 5.58. The number of nitrogens with zero attached hydrogens (tertiary/aromatic N) is 3. The van der Waals surface area contributed by atoms with Gasteiger partial charge in [-0.15, -0.1) is 5.10 Å². The molecule has 3 heterocycles. The first-order valence-electron chi connectivity index (χ1n) is 5.83. The number of hydrogen-bond donors (Lipinski definition) is 3. The fourth-order valence-electron chi connectivity index (χ4n) is 2.43. The molecule has 1 fully saturated rings. The molecule has 90 valence electrons. The van der Waals surface area contributed by atoms with Gasteiger partial charge in [0, 0.05) is 5.56 Å². The standard InChI is InChI=1S/C11H15N5O/c17-16-11(10-6-13-7-14-10)9(5-15-16)8-1-3-12-4-2-8/h5-8,12,17H,1-4H2,(H,13,14). The van der Waals surface area contributed by atoms with E-state index in [1.807, 2.05) is 0 Å². The van der Waals surface area contributed by atoms with E-state index in [1.54, 1.807) is 18.7 Å². The topological polar surface area (TPSA) is 78.8 Å². The van der Waals surface area contributed by atoms with E-state index in [0.29, 0.717) is 5.92 Å². The third kappa shape index (κ3) is 1.80. The maximum absolute atomic E-state index is 9.78. The van der Waals surface area contributed by atoms with Crippen LogP contribution in [0.5, 0.6) is 0 Å². The van der Waals surface area contributed by atoms with Crippen LogP contribution < -0.4 is 5.32 Å². The zero-order valence-corrected chi connectivity index (χ0v) is 9.43. The zero-order chi connectivity index (χ0) is 11.7. The van der Waals surface area contributed by atoms with Gasteiger partial charge in [0.15, 0.2) is 0 Å². The minimum atomic E-state index is 0.454. The normalized spacial score (nSPS) is 17.4. The average Bonchev–Trinajstić information content (AvgIpc) is 2.99. The first kappa shape index (κ1) is 10.3. The summed E-state index contributed by atoms with van der Waals surface area (Å²) in [5.74, 6) is 0.454. The van der Waals surface area contributed by atoms with Gasteiger partial charge in [0.05, 0.1) is 24.4 Å². The number of rotatable bonds is 2. The summed E-state index contributed by atoms with van der Waals surface area (Å²) in [6.07, 6.45) is 7.22. The van der Waals surface area contributed by atoms with Crippen molar-refractivity contribution in [3.8, 4) is 11.4 Å². The van der Waals surface area contributed by atoms with Crippen molar-refractivity contribution in [1.82, 2.24) is 25.2 Å². The Kier molecular flexibility index (Phi) is 2.56. The van der Waals surface area contributed by atoms with Gasteiger partial charge in [-0.2, -0.15) is 0 Å². The van der Waals surface area contributed by atoms with Gasteiger partial charge in [0.1, 0.15) is 5.69 Å². The van der Waals surface area contributed by atoms with Gasteiger partial charge >= 0.3 is 0 Å². The molecular formula is C11H15N5O. The van der Waals surface area contributed by atoms with Gasteiger partial charge in [-0.3, -0.25) is 0 Å². The molecule has 0 aromatic carbocycles. The lowest BCUT2D eigenvalue weighted by Crippen LogP contribution is -2.26. The summed E-state index contributed by atoms with van der Waals surface area (Å²) in [5.41, 5.74) is 2.63. The Hall–Kier alpha value is -1.82. The molecule has 6 nitrogen and oxygen atoms in total. The molecule has 0 bridgehead atoms. The van der Waals surface area contributed by atoms with E-state index < -0.39 is 0 Å². The van der Waals surface area contributed by atoms with E-state index in [2.05, 4.69) is 20.4 Å². The van der Waals surface area contributed by atoms with Crippen LogP contribution in [-0.4, -0.2) is 38.2 Å². The number of nitrogens with one attached hydrogen (secondary N) is 2. The first-order valence-corrected chi connectivity index (χ1v) is 5.83. The van der Waals surface area contributed by atoms with Crippen molar-refractivity contribution in [2.75, 3.05) is 13.1 Å². The maximum Gasteiger partial charge on any atom is 0.131 e. The van der Waals surface area contributed by atoms with Gasteiger partial charge in [-0.25, -0.2) is 4.98 Å². The lowest BCUT2D eigenvalue weighted by molar-refractivity contribution is 0.153. The second-order valence-electron chi connectivity index (χ2n) is 4.33. The van der Waals surface area contributed by atoms with Gasteiger partial charge in [-0.05, 0) is 31.8 Å². The number of aromatic amines is 1. The quantitative estimate of drug-likeness (QED) is 0.675. The summed E-state index contributed by atoms with van der Waals surface area (Å²) >= 11 is 0. The van der Waals surface area contributed by atoms with Crippen molar-refractivity contribution < 1.29 is 5.21 Å². The third-order valence-corrected chi connectivity index (χ3v) is 3.31. The van der Waals surface area contributed by atoms with Crippen molar-refractivity contribution in [2.24, 2.45) is 0 Å². The Bertz CT molecular complexity index is 484. The van der Waals surface area contributed by atoms with Crippen LogP contribution in [0.2, 0.25) is 0 Å². The molecule has 0 unspecified atom stereocenters. The van der Waals surface area contributed by atoms with Crippen LogP contribution in [0.25, 0.3) is 11.4 Å². The summed E-state index contributed by atoms with van der Waals surface area (Å²) in [6, 6.07) is 0. The second-order valence-corrected chi connectivity index (χ2v) is 4.33. The van der Waals surface area contributed by atoms with Crippen molar-refractivity contribution in [3.63, 3.8) is 0 Å². The van der Waals surface area contributed by atoms with Gasteiger partial charge in [-0.1, -0.05) is 4.85 Å². The molecule has 0 atom stereocenters. The Balaban J connectivity index is 1.99. The van der Waals surface area contributed by atoms with Crippen molar-refractivity contribution in [2.45, 2.75) is 18.8 Å². The molecule has 3 rings (SSSR count). The molecule has 0 aliphatic carbocycles. The third-order valence-electron chi connectivity index (χ3n) is 3.31. The predicted molar refractivity (Wildman–Crippen MR) is 61.8 cm³/mol. The molecule has 17 heavy (non-hydrogen) atoms. The lowest BCUT2D eigenvalue weighted by atomic mass is 9.90. The summed E-state index contributed by atoms with van der Waals surface area (Å²) in [6.45, 7) is 2.04. The molecule has 1 aliphatic rings. The minimum absolute atomic E-state index is 0.454. The van der Waals surface area contributed by atoms with Gasteiger partial charge < -0.3 is 15.5 Å². The number of aromatic nitrogens is 4. The van der Waals surface area contributed by atoms with Crippen LogP contribution in [0.4, 0.5) is 0 Å². The van der Waals surface area contributed by atoms with Crippen LogP contribution >= 0.6 is 0 Å². The van der Waals surface area contributed by atoms with E-state index >= 15 is 0 Å². The van der Waals surface area contributed by atoms with Crippen molar-refractivity contribution >= 4 is 0 Å². The maximum atomic E-state index is 9.78. The van der Waals surface area contributed by atoms with Crippen molar-refractivity contribution in [1.29, 1.82) is 0 Å². The molecule has 3 N–H and O–H groups in total. The van der Waals surface area contributed by atoms with Crippen LogP contribution in [-0.2, 0) is 0 Å². The monoisotopic (exact) mass is 233 g/mol. The van der Waals surface area contributed by atoms with Crippen molar-refractivity contribution in [3.05, 3.63) is 24.3 Å². The second kappa shape index (κ2) is 4.21. The highest BCUT2D eigenvalue weighted by Gasteiger charge is 2.23. The van der Waals surface area contributed by atoms with Gasteiger partial charge in [0.25, 0.3) is 0 Å². The highest BCUT2D eigenvalue weighted by Crippen LogP contribution is 2.32. The fraction of sp³-hybridized carbons (Fsp3) is 0.455. The molecule has 1 saturated heterocycles. The van der Waals surface area contributed by atoms with E-state index in [1.165, 1.54) is 0 Å². The average molecular weight is 233 g/mol. The van der Waals surface area contributed by atoms with E-state index in [4.69, 9.17) is 0 Å². The number of piperidine rings is 1. The summed E-state index contributed by atoms with van der Waals surface area (Å²) in [4.78, 5) is 7.93. The predicted octanol–water partition coefficient (Wildman–Crippen LogP) is 0.977. The largest absolute Gasteiger partial charge is 0.411 e. The molecule has 2 aromatic heterocycles. The number of hydrogen-bond acceptors (Lipinski definition) is 4. The Labute approximate surface area is 98.6 Å². The fourth-order valence-corrected chi connectivity index (χ4v) is 2.43. The molecule has 2 aromatic rings. The number of imidazole rings is 1. The molecule has 1 aliphatic heterocycles. The molecule has 0 radical (unpaired) electrons. The zero-order valence-electron chi connectivity index (χ0n) is 9.43. The minimum Gasteiger partial charge on any atom is -0.411 e. The van der Waals surface area contributed by atoms with E-state index in [9.17, 15) is 5.21 Å². The molecular weight excluding hydrogens is 218 g/mol. The van der Waals surface area contributed by atoms with Crippen LogP contribution in [0.1, 0.15) is 24.3 Å². The molecule has 0 amide bonds. The van der Waals surface area contributed by atoms with Crippen LogP contribution in [0.15, 0.2) is 18.7 Å². The Morgan fingerprint density at radius 2 is 2.12 bits per heavy atom.